The Morgan fingerprint density at radius 2 is 2.17 bits per heavy atom. The number of likely N-dealkylation sites (tertiary alicyclic amines) is 1. The molecule has 1 aromatic carbocycles. The highest BCUT2D eigenvalue weighted by Gasteiger charge is 2.29. The van der Waals surface area contributed by atoms with Gasteiger partial charge in [-0.05, 0) is 25.3 Å². The third-order valence-electron chi connectivity index (χ3n) is 4.47. The van der Waals surface area contributed by atoms with Crippen molar-refractivity contribution in [1.82, 2.24) is 10.2 Å². The summed E-state index contributed by atoms with van der Waals surface area (Å²) in [6.07, 6.45) is 1.17. The zero-order chi connectivity index (χ0) is 17.7. The molecule has 2 amide bonds. The topological polar surface area (TPSA) is 86.7 Å². The molecule has 130 valence electrons. The van der Waals surface area contributed by atoms with Crippen LogP contribution in [0.3, 0.4) is 0 Å². The van der Waals surface area contributed by atoms with Crippen LogP contribution in [-0.2, 0) is 20.8 Å². The van der Waals surface area contributed by atoms with Crippen LogP contribution in [0.15, 0.2) is 24.3 Å². The number of aliphatic carboxylic acids is 1. The average molecular weight is 332 g/mol. The molecule has 0 bridgehead atoms. The molecule has 2 atom stereocenters. The average Bonchev–Trinajstić information content (AvgIpc) is 2.53. The molecule has 6 heteroatoms. The molecule has 1 heterocycles. The molecule has 1 aliphatic heterocycles. The van der Waals surface area contributed by atoms with Gasteiger partial charge in [-0.15, -0.1) is 0 Å². The lowest BCUT2D eigenvalue weighted by molar-refractivity contribution is -0.142. The summed E-state index contributed by atoms with van der Waals surface area (Å²) in [7, 11) is 1.72. The smallest absolute Gasteiger partial charge is 0.308 e. The first-order valence-corrected chi connectivity index (χ1v) is 8.17. The molecule has 0 unspecified atom stereocenters. The van der Waals surface area contributed by atoms with Crippen LogP contribution in [0.5, 0.6) is 0 Å². The quantitative estimate of drug-likeness (QED) is 0.820. The predicted molar refractivity (Wildman–Crippen MR) is 89.4 cm³/mol. The largest absolute Gasteiger partial charge is 0.481 e. The van der Waals surface area contributed by atoms with Gasteiger partial charge in [0.2, 0.25) is 11.8 Å². The molecule has 0 radical (unpaired) electrons. The number of carbonyl (C=O) groups excluding carboxylic acids is 2. The molecular weight excluding hydrogens is 308 g/mol. The number of hydrogen-bond donors (Lipinski definition) is 2. The van der Waals surface area contributed by atoms with Crippen LogP contribution < -0.4 is 5.32 Å². The van der Waals surface area contributed by atoms with Crippen molar-refractivity contribution in [3.8, 4) is 0 Å². The van der Waals surface area contributed by atoms with Crippen molar-refractivity contribution in [2.24, 2.45) is 11.8 Å². The maximum atomic E-state index is 12.2. The van der Waals surface area contributed by atoms with E-state index in [9.17, 15) is 19.5 Å². The van der Waals surface area contributed by atoms with Gasteiger partial charge >= 0.3 is 5.97 Å². The number of piperidine rings is 1. The minimum absolute atomic E-state index is 0.0454. The summed E-state index contributed by atoms with van der Waals surface area (Å²) in [4.78, 5) is 37.0. The molecule has 1 saturated heterocycles. The summed E-state index contributed by atoms with van der Waals surface area (Å²) in [6, 6.07) is 7.69. The van der Waals surface area contributed by atoms with Crippen LogP contribution in [0.25, 0.3) is 0 Å². The van der Waals surface area contributed by atoms with E-state index in [0.29, 0.717) is 19.4 Å². The Kier molecular flexibility index (Phi) is 5.95. The van der Waals surface area contributed by atoms with Gasteiger partial charge in [0.25, 0.3) is 0 Å². The molecule has 0 saturated carbocycles. The van der Waals surface area contributed by atoms with E-state index in [0.717, 1.165) is 11.1 Å². The highest BCUT2D eigenvalue weighted by Crippen LogP contribution is 2.17. The van der Waals surface area contributed by atoms with Crippen LogP contribution in [0.2, 0.25) is 0 Å². The van der Waals surface area contributed by atoms with E-state index in [2.05, 4.69) is 5.32 Å². The van der Waals surface area contributed by atoms with Crippen molar-refractivity contribution in [2.45, 2.75) is 26.2 Å². The number of hydrogen-bond acceptors (Lipinski definition) is 3. The monoisotopic (exact) mass is 332 g/mol. The third kappa shape index (κ3) is 4.81. The number of amides is 2. The highest BCUT2D eigenvalue weighted by molar-refractivity contribution is 5.87. The zero-order valence-corrected chi connectivity index (χ0v) is 14.1. The second kappa shape index (κ2) is 7.95. The van der Waals surface area contributed by atoms with Gasteiger partial charge in [-0.2, -0.15) is 0 Å². The summed E-state index contributed by atoms with van der Waals surface area (Å²) in [5.41, 5.74) is 2.01. The van der Waals surface area contributed by atoms with Crippen LogP contribution in [0.4, 0.5) is 0 Å². The second-order valence-corrected chi connectivity index (χ2v) is 6.48. The van der Waals surface area contributed by atoms with E-state index in [1.165, 1.54) is 0 Å². The third-order valence-corrected chi connectivity index (χ3v) is 4.47. The van der Waals surface area contributed by atoms with E-state index >= 15 is 0 Å². The van der Waals surface area contributed by atoms with Crippen molar-refractivity contribution in [1.29, 1.82) is 0 Å². The number of carbonyl (C=O) groups is 3. The van der Waals surface area contributed by atoms with Gasteiger partial charge in [0.15, 0.2) is 0 Å². The molecule has 24 heavy (non-hydrogen) atoms. The van der Waals surface area contributed by atoms with E-state index in [1.54, 1.807) is 11.9 Å². The molecule has 0 aromatic heterocycles. The van der Waals surface area contributed by atoms with Gasteiger partial charge in [-0.25, -0.2) is 0 Å². The van der Waals surface area contributed by atoms with Crippen molar-refractivity contribution in [3.05, 3.63) is 35.4 Å². The summed E-state index contributed by atoms with van der Waals surface area (Å²) in [5.74, 6) is -2.25. The van der Waals surface area contributed by atoms with Crippen LogP contribution in [-0.4, -0.2) is 47.9 Å². The van der Waals surface area contributed by atoms with Gasteiger partial charge < -0.3 is 15.3 Å². The summed E-state index contributed by atoms with van der Waals surface area (Å²) >= 11 is 0. The Bertz CT molecular complexity index is 629. The predicted octanol–water partition coefficient (Wildman–Crippen LogP) is 1.22. The first kappa shape index (κ1) is 18.0. The van der Waals surface area contributed by atoms with Gasteiger partial charge in [0.1, 0.15) is 0 Å². The zero-order valence-electron chi connectivity index (χ0n) is 14.1. The number of nitrogens with one attached hydrogen (secondary N) is 1. The molecule has 1 aliphatic rings. The van der Waals surface area contributed by atoms with Crippen molar-refractivity contribution in [2.75, 3.05) is 20.1 Å². The second-order valence-electron chi connectivity index (χ2n) is 6.48. The number of aryl methyl sites for hydroxylation is 1. The first-order valence-electron chi connectivity index (χ1n) is 8.17. The molecule has 0 aliphatic carbocycles. The molecule has 0 spiro atoms. The lowest BCUT2D eigenvalue weighted by atomic mass is 9.94. The maximum absolute atomic E-state index is 12.2. The van der Waals surface area contributed by atoms with E-state index in [1.807, 2.05) is 31.2 Å². The summed E-state index contributed by atoms with van der Waals surface area (Å²) in [6.45, 7) is 2.59. The lowest BCUT2D eigenvalue weighted by Crippen LogP contribution is -2.43. The van der Waals surface area contributed by atoms with E-state index in [-0.39, 0.29) is 30.7 Å². The van der Waals surface area contributed by atoms with Crippen molar-refractivity contribution in [3.63, 3.8) is 0 Å². The minimum atomic E-state index is -0.934. The molecule has 2 rings (SSSR count). The van der Waals surface area contributed by atoms with Gasteiger partial charge in [0, 0.05) is 32.5 Å². The standard InChI is InChI=1S/C18H24N2O4/c1-12-4-3-5-13(8-12)9-15(18(23)24)11-19-17(22)14-6-7-20(2)16(21)10-14/h3-5,8,14-15H,6-7,9-11H2,1-2H3,(H,19,22)(H,23,24)/t14-,15-/m0/s1. The molecule has 2 N–H and O–H groups in total. The Balaban J connectivity index is 1.90. The maximum Gasteiger partial charge on any atom is 0.308 e. The number of benzene rings is 1. The fourth-order valence-electron chi connectivity index (χ4n) is 2.91. The number of rotatable bonds is 6. The minimum Gasteiger partial charge on any atom is -0.481 e. The Hall–Kier alpha value is -2.37. The first-order chi connectivity index (χ1) is 11.4. The molecule has 6 nitrogen and oxygen atoms in total. The molecule has 1 fully saturated rings. The fraction of sp³-hybridized carbons (Fsp3) is 0.500. The van der Waals surface area contributed by atoms with Gasteiger partial charge in [-0.3, -0.25) is 14.4 Å². The van der Waals surface area contributed by atoms with Crippen molar-refractivity contribution >= 4 is 17.8 Å². The van der Waals surface area contributed by atoms with Gasteiger partial charge in [0.05, 0.1) is 5.92 Å². The highest BCUT2D eigenvalue weighted by atomic mass is 16.4. The normalized spacial score (nSPS) is 19.0. The van der Waals surface area contributed by atoms with Crippen LogP contribution in [0.1, 0.15) is 24.0 Å². The van der Waals surface area contributed by atoms with E-state index in [4.69, 9.17) is 0 Å². The lowest BCUT2D eigenvalue weighted by Gasteiger charge is -2.28. The van der Waals surface area contributed by atoms with Crippen LogP contribution >= 0.6 is 0 Å². The van der Waals surface area contributed by atoms with Crippen molar-refractivity contribution < 1.29 is 19.5 Å². The number of nitrogens with zero attached hydrogens (tertiary/aromatic N) is 1. The summed E-state index contributed by atoms with van der Waals surface area (Å²) in [5, 5.41) is 12.1. The van der Waals surface area contributed by atoms with E-state index < -0.39 is 11.9 Å². The Morgan fingerprint density at radius 1 is 1.42 bits per heavy atom. The Labute approximate surface area is 141 Å². The Morgan fingerprint density at radius 3 is 2.79 bits per heavy atom. The molecular formula is C18H24N2O4. The van der Waals surface area contributed by atoms with Crippen LogP contribution in [0, 0.1) is 18.8 Å². The fourth-order valence-corrected chi connectivity index (χ4v) is 2.91. The number of carboxylic acid groups (broad SMARTS) is 1. The SMILES string of the molecule is Cc1cccc(C[C@@H](CNC(=O)[C@H]2CCN(C)C(=O)C2)C(=O)O)c1. The number of carboxylic acids is 1. The van der Waals surface area contributed by atoms with Gasteiger partial charge in [-0.1, -0.05) is 29.8 Å². The summed E-state index contributed by atoms with van der Waals surface area (Å²) < 4.78 is 0. The molecule has 1 aromatic rings.